The van der Waals surface area contributed by atoms with Gasteiger partial charge < -0.3 is 0 Å². The Hall–Kier alpha value is -0.300. The molecule has 0 saturated carbocycles. The molecule has 0 aliphatic rings. The highest BCUT2D eigenvalue weighted by molar-refractivity contribution is 9.10. The predicted octanol–water partition coefficient (Wildman–Crippen LogP) is 3.50. The fraction of sp³-hybridized carbons (Fsp3) is 0. The van der Waals surface area contributed by atoms with E-state index in [2.05, 4.69) is 28.6 Å². The fourth-order valence-corrected chi connectivity index (χ4v) is 0.854. The summed E-state index contributed by atoms with van der Waals surface area (Å²) in [6.07, 6.45) is 0. The Kier molecular flexibility index (Phi) is 32.1. The molecule has 0 bridgehead atoms. The van der Waals surface area contributed by atoms with Crippen molar-refractivity contribution in [1.29, 1.82) is 0 Å². The van der Waals surface area contributed by atoms with Crippen molar-refractivity contribution in [3.8, 4) is 0 Å². The smallest absolute Gasteiger partial charge is 0.0176 e. The summed E-state index contributed by atoms with van der Waals surface area (Å²) >= 11 is 7.42. The first-order chi connectivity index (χ1) is 3.79. The molecule has 82 valence electrons. The minimum atomic E-state index is 0. The summed E-state index contributed by atoms with van der Waals surface area (Å²) in [5, 5.41) is 0. The summed E-state index contributed by atoms with van der Waals surface area (Å²) in [5.41, 5.74) is 0. The van der Waals surface area contributed by atoms with E-state index in [1.165, 1.54) is 0 Å². The normalized spacial score (nSPS) is 5.69. The molecule has 0 amide bonds. The zero-order valence-electron chi connectivity index (χ0n) is 6.18. The van der Waals surface area contributed by atoms with E-state index < -0.39 is 0 Å². The number of hydrogen-bond donors (Lipinski definition) is 1. The zero-order valence-corrected chi connectivity index (χ0v) is 8.66. The van der Waals surface area contributed by atoms with E-state index in [-0.39, 0.29) is 23.5 Å². The molecule has 0 N–H and O–H groups in total. The fourth-order valence-electron chi connectivity index (χ4n) is 0.441. The van der Waals surface area contributed by atoms with Gasteiger partial charge in [0, 0.05) is 9.37 Å². The van der Waals surface area contributed by atoms with Gasteiger partial charge in [-0.15, -0.1) is 12.6 Å². The van der Waals surface area contributed by atoms with Gasteiger partial charge in [0.1, 0.15) is 0 Å². The number of halogens is 6. The van der Waals surface area contributed by atoms with Gasteiger partial charge in [0.25, 0.3) is 0 Å². The lowest BCUT2D eigenvalue weighted by molar-refractivity contribution is 1.11. The van der Waals surface area contributed by atoms with Gasteiger partial charge in [-0.05, 0) is 24.3 Å². The van der Waals surface area contributed by atoms with Crippen molar-refractivity contribution < 1.29 is 23.5 Å². The van der Waals surface area contributed by atoms with Crippen LogP contribution in [-0.2, 0) is 0 Å². The molecule has 0 saturated heterocycles. The van der Waals surface area contributed by atoms with Crippen LogP contribution in [-0.4, -0.2) is 0 Å². The van der Waals surface area contributed by atoms with Crippen molar-refractivity contribution in [2.75, 3.05) is 0 Å². The third-order valence-corrected chi connectivity index (χ3v) is 1.65. The number of benzene rings is 1. The second kappa shape index (κ2) is 14.2. The lowest BCUT2D eigenvalue weighted by Gasteiger charge is -1.87. The summed E-state index contributed by atoms with van der Waals surface area (Å²) < 4.78 is 1.09. The maximum atomic E-state index is 4.11. The van der Waals surface area contributed by atoms with Gasteiger partial charge in [0.05, 0.1) is 0 Å². The first-order valence-electron chi connectivity index (χ1n) is 2.23. The molecule has 0 heterocycles. The van der Waals surface area contributed by atoms with Crippen LogP contribution < -0.4 is 0 Å². The van der Waals surface area contributed by atoms with Crippen molar-refractivity contribution in [2.45, 2.75) is 4.90 Å². The molecular formula is C6H10BrF5S. The molecule has 0 aliphatic heterocycles. The van der Waals surface area contributed by atoms with Crippen LogP contribution in [0.5, 0.6) is 0 Å². The number of rotatable bonds is 0. The monoisotopic (exact) mass is 288 g/mol. The summed E-state index contributed by atoms with van der Waals surface area (Å²) in [6, 6.07) is 7.80. The predicted molar refractivity (Wildman–Crippen MR) is 53.9 cm³/mol. The zero-order chi connectivity index (χ0) is 5.98. The quantitative estimate of drug-likeness (QED) is 0.548. The van der Waals surface area contributed by atoms with E-state index in [0.717, 1.165) is 9.37 Å². The van der Waals surface area contributed by atoms with Crippen LogP contribution in [0.25, 0.3) is 0 Å². The maximum Gasteiger partial charge on any atom is 0.0176 e. The Morgan fingerprint density at radius 2 is 1.08 bits per heavy atom. The van der Waals surface area contributed by atoms with Crippen LogP contribution >= 0.6 is 28.6 Å². The van der Waals surface area contributed by atoms with Crippen LogP contribution in [0.2, 0.25) is 0 Å². The van der Waals surface area contributed by atoms with E-state index >= 15 is 0 Å². The highest BCUT2D eigenvalue weighted by atomic mass is 79.9. The topological polar surface area (TPSA) is 0 Å². The first-order valence-corrected chi connectivity index (χ1v) is 3.47. The van der Waals surface area contributed by atoms with Gasteiger partial charge in [-0.3, -0.25) is 23.5 Å². The lowest BCUT2D eigenvalue weighted by atomic mass is 10.4. The van der Waals surface area contributed by atoms with Gasteiger partial charge in [-0.2, -0.15) is 0 Å². The molecule has 13 heavy (non-hydrogen) atoms. The minimum absolute atomic E-state index is 0. The highest BCUT2D eigenvalue weighted by Crippen LogP contribution is 2.11. The van der Waals surface area contributed by atoms with E-state index in [0.29, 0.717) is 0 Å². The van der Waals surface area contributed by atoms with Crippen LogP contribution in [0, 0.1) is 0 Å². The van der Waals surface area contributed by atoms with E-state index in [4.69, 9.17) is 0 Å². The van der Waals surface area contributed by atoms with Gasteiger partial charge in [-0.1, -0.05) is 15.9 Å². The SMILES string of the molecule is F.F.F.F.F.Sc1ccc(Br)cc1. The van der Waals surface area contributed by atoms with Crippen molar-refractivity contribution in [3.63, 3.8) is 0 Å². The van der Waals surface area contributed by atoms with Crippen LogP contribution in [0.15, 0.2) is 33.6 Å². The Balaban J connectivity index is -0.0000000427. The molecule has 1 aromatic carbocycles. The summed E-state index contributed by atoms with van der Waals surface area (Å²) in [7, 11) is 0. The number of thiol groups is 1. The highest BCUT2D eigenvalue weighted by Gasteiger charge is 1.82. The Labute approximate surface area is 86.1 Å². The van der Waals surface area contributed by atoms with E-state index in [1.807, 2.05) is 24.3 Å². The third-order valence-electron chi connectivity index (χ3n) is 0.827. The van der Waals surface area contributed by atoms with Crippen LogP contribution in [0.1, 0.15) is 0 Å². The Morgan fingerprint density at radius 1 is 0.769 bits per heavy atom. The summed E-state index contributed by atoms with van der Waals surface area (Å²) in [4.78, 5) is 0.994. The van der Waals surface area contributed by atoms with Gasteiger partial charge in [0.15, 0.2) is 0 Å². The standard InChI is InChI=1S/C6H5BrS.5FH/c7-5-1-3-6(8)4-2-5;;;;;/h1-4,8H;5*1H. The molecule has 0 aliphatic carbocycles. The average Bonchev–Trinajstić information content (AvgIpc) is 1.77. The molecule has 0 aromatic heterocycles. The molecule has 7 heteroatoms. The van der Waals surface area contributed by atoms with Crippen molar-refractivity contribution in [1.82, 2.24) is 0 Å². The number of hydrogen-bond acceptors (Lipinski definition) is 1. The molecule has 0 radical (unpaired) electrons. The molecule has 1 rings (SSSR count). The molecule has 0 spiro atoms. The van der Waals surface area contributed by atoms with Crippen molar-refractivity contribution in [3.05, 3.63) is 28.7 Å². The molecule has 0 atom stereocenters. The second-order valence-corrected chi connectivity index (χ2v) is 2.91. The summed E-state index contributed by atoms with van der Waals surface area (Å²) in [5.74, 6) is 0. The van der Waals surface area contributed by atoms with E-state index in [1.54, 1.807) is 0 Å². The molecule has 0 unspecified atom stereocenters. The first kappa shape index (κ1) is 29.3. The van der Waals surface area contributed by atoms with Crippen LogP contribution in [0.4, 0.5) is 23.5 Å². The van der Waals surface area contributed by atoms with E-state index in [9.17, 15) is 0 Å². The van der Waals surface area contributed by atoms with Crippen molar-refractivity contribution >= 4 is 28.6 Å². The van der Waals surface area contributed by atoms with Gasteiger partial charge in [-0.25, -0.2) is 0 Å². The van der Waals surface area contributed by atoms with Crippen molar-refractivity contribution in [2.24, 2.45) is 0 Å². The second-order valence-electron chi connectivity index (χ2n) is 1.48. The third kappa shape index (κ3) is 11.7. The molecular weight excluding hydrogens is 279 g/mol. The molecule has 0 nitrogen and oxygen atoms in total. The molecule has 1 aromatic rings. The largest absolute Gasteiger partial charge is 0.269 e. The van der Waals surface area contributed by atoms with Crippen LogP contribution in [0.3, 0.4) is 0 Å². The Bertz CT molecular complexity index is 160. The lowest BCUT2D eigenvalue weighted by Crippen LogP contribution is -1.62. The van der Waals surface area contributed by atoms with Gasteiger partial charge >= 0.3 is 0 Å². The summed E-state index contributed by atoms with van der Waals surface area (Å²) in [6.45, 7) is 0. The Morgan fingerprint density at radius 3 is 1.31 bits per heavy atom. The average molecular weight is 289 g/mol. The maximum absolute atomic E-state index is 4.11. The van der Waals surface area contributed by atoms with Gasteiger partial charge in [0.2, 0.25) is 0 Å². The molecule has 0 fully saturated rings. The minimum Gasteiger partial charge on any atom is -0.269 e.